The first-order valence-corrected chi connectivity index (χ1v) is 7.32. The van der Waals surface area contributed by atoms with Crippen molar-refractivity contribution in [3.8, 4) is 0 Å². The minimum Gasteiger partial charge on any atom is -0.370 e. The molecule has 4 heteroatoms. The molecule has 1 heterocycles. The molecule has 0 aliphatic heterocycles. The zero-order valence-corrected chi connectivity index (χ0v) is 11.8. The van der Waals surface area contributed by atoms with Crippen molar-refractivity contribution < 1.29 is 4.74 Å². The van der Waals surface area contributed by atoms with Crippen molar-refractivity contribution in [1.82, 2.24) is 9.97 Å². The van der Waals surface area contributed by atoms with E-state index in [0.29, 0.717) is 0 Å². The average molecular weight is 262 g/mol. The fourth-order valence-electron chi connectivity index (χ4n) is 3.42. The highest BCUT2D eigenvalue weighted by Crippen LogP contribution is 2.40. The molecule has 0 unspecified atom stereocenters. The highest BCUT2D eigenvalue weighted by atomic mass is 16.5. The summed E-state index contributed by atoms with van der Waals surface area (Å²) < 4.78 is 5.80. The summed E-state index contributed by atoms with van der Waals surface area (Å²) in [4.78, 5) is 19.9. The Hall–Kier alpha value is -1.16. The standard InChI is InChI=1S/C15H22N2O2/c1-10-6-8-15(19-2,9-7-10)14-16-12-5-3-4-11(12)13(18)17-14/h10H,3-9H2,1-2H3,(H,16,17,18). The number of ether oxygens (including phenoxy) is 1. The van der Waals surface area contributed by atoms with Crippen LogP contribution in [0.4, 0.5) is 0 Å². The second-order valence-corrected chi connectivity index (χ2v) is 6.07. The van der Waals surface area contributed by atoms with E-state index in [1.54, 1.807) is 7.11 Å². The molecule has 104 valence electrons. The molecule has 19 heavy (non-hydrogen) atoms. The number of aromatic amines is 1. The molecule has 0 bridgehead atoms. The summed E-state index contributed by atoms with van der Waals surface area (Å²) in [6.07, 6.45) is 7.02. The Labute approximate surface area is 113 Å². The van der Waals surface area contributed by atoms with Gasteiger partial charge in [0.1, 0.15) is 11.4 Å². The SMILES string of the molecule is COC1(c2nc3c(c(=O)[nH]2)CCC3)CCC(C)CC1. The number of H-pyrrole nitrogens is 1. The fourth-order valence-corrected chi connectivity index (χ4v) is 3.42. The maximum Gasteiger partial charge on any atom is 0.254 e. The van der Waals surface area contributed by atoms with Gasteiger partial charge in [0.15, 0.2) is 0 Å². The first-order chi connectivity index (χ1) is 9.14. The molecule has 0 spiro atoms. The Morgan fingerprint density at radius 2 is 2.05 bits per heavy atom. The quantitative estimate of drug-likeness (QED) is 0.890. The van der Waals surface area contributed by atoms with Gasteiger partial charge in [0.2, 0.25) is 0 Å². The third-order valence-electron chi connectivity index (χ3n) is 4.85. The van der Waals surface area contributed by atoms with Crippen LogP contribution in [-0.2, 0) is 23.2 Å². The lowest BCUT2D eigenvalue weighted by molar-refractivity contribution is -0.0600. The van der Waals surface area contributed by atoms with Crippen LogP contribution in [0, 0.1) is 5.92 Å². The first-order valence-electron chi connectivity index (χ1n) is 7.32. The van der Waals surface area contributed by atoms with E-state index >= 15 is 0 Å². The molecule has 1 aromatic heterocycles. The Morgan fingerprint density at radius 1 is 1.32 bits per heavy atom. The summed E-state index contributed by atoms with van der Waals surface area (Å²) in [5.74, 6) is 1.50. The van der Waals surface area contributed by atoms with Gasteiger partial charge in [-0.2, -0.15) is 0 Å². The molecule has 0 atom stereocenters. The number of nitrogens with zero attached hydrogens (tertiary/aromatic N) is 1. The number of aryl methyl sites for hydroxylation is 1. The summed E-state index contributed by atoms with van der Waals surface area (Å²) in [6.45, 7) is 2.28. The van der Waals surface area contributed by atoms with Crippen LogP contribution >= 0.6 is 0 Å². The van der Waals surface area contributed by atoms with Gasteiger partial charge in [-0.1, -0.05) is 6.92 Å². The van der Waals surface area contributed by atoms with Gasteiger partial charge in [-0.15, -0.1) is 0 Å². The van der Waals surface area contributed by atoms with Crippen LogP contribution in [0.3, 0.4) is 0 Å². The van der Waals surface area contributed by atoms with Crippen molar-refractivity contribution in [3.05, 3.63) is 27.4 Å². The van der Waals surface area contributed by atoms with Crippen LogP contribution in [0.25, 0.3) is 0 Å². The maximum absolute atomic E-state index is 12.1. The van der Waals surface area contributed by atoms with E-state index in [1.165, 1.54) is 0 Å². The zero-order valence-electron chi connectivity index (χ0n) is 11.8. The predicted octanol–water partition coefficient (Wildman–Crippen LogP) is 2.31. The fraction of sp³-hybridized carbons (Fsp3) is 0.733. The van der Waals surface area contributed by atoms with Crippen molar-refractivity contribution in [3.63, 3.8) is 0 Å². The molecule has 1 N–H and O–H groups in total. The van der Waals surface area contributed by atoms with Crippen LogP contribution in [-0.4, -0.2) is 17.1 Å². The van der Waals surface area contributed by atoms with Crippen LogP contribution in [0.2, 0.25) is 0 Å². The minimum absolute atomic E-state index is 0.0487. The molecule has 0 amide bonds. The van der Waals surface area contributed by atoms with E-state index < -0.39 is 0 Å². The highest BCUT2D eigenvalue weighted by molar-refractivity contribution is 5.24. The topological polar surface area (TPSA) is 55.0 Å². The van der Waals surface area contributed by atoms with Crippen molar-refractivity contribution in [2.75, 3.05) is 7.11 Å². The van der Waals surface area contributed by atoms with Crippen LogP contribution in [0.5, 0.6) is 0 Å². The molecule has 2 aliphatic carbocycles. The van der Waals surface area contributed by atoms with E-state index in [1.807, 2.05) is 0 Å². The van der Waals surface area contributed by atoms with E-state index in [0.717, 1.165) is 67.9 Å². The van der Waals surface area contributed by atoms with Gasteiger partial charge in [-0.05, 0) is 50.9 Å². The number of methoxy groups -OCH3 is 1. The van der Waals surface area contributed by atoms with Crippen LogP contribution in [0.15, 0.2) is 4.79 Å². The number of hydrogen-bond acceptors (Lipinski definition) is 3. The number of nitrogens with one attached hydrogen (secondary N) is 1. The summed E-state index contributed by atoms with van der Waals surface area (Å²) in [5, 5.41) is 0. The molecule has 1 aromatic rings. The minimum atomic E-state index is -0.372. The Kier molecular flexibility index (Phi) is 3.21. The van der Waals surface area contributed by atoms with Gasteiger partial charge in [0, 0.05) is 12.7 Å². The molecule has 0 radical (unpaired) electrons. The van der Waals surface area contributed by atoms with Crippen LogP contribution in [0.1, 0.15) is 56.1 Å². The molecular weight excluding hydrogens is 240 g/mol. The van der Waals surface area contributed by atoms with E-state index in [-0.39, 0.29) is 11.2 Å². The number of hydrogen-bond donors (Lipinski definition) is 1. The predicted molar refractivity (Wildman–Crippen MR) is 73.2 cm³/mol. The van der Waals surface area contributed by atoms with Crippen molar-refractivity contribution in [1.29, 1.82) is 0 Å². The molecule has 1 fully saturated rings. The zero-order chi connectivity index (χ0) is 13.5. The molecular formula is C15H22N2O2. The molecule has 1 saturated carbocycles. The summed E-state index contributed by atoms with van der Waals surface area (Å²) in [5.41, 5.74) is 1.56. The first kappa shape index (κ1) is 12.9. The summed E-state index contributed by atoms with van der Waals surface area (Å²) in [7, 11) is 1.74. The van der Waals surface area contributed by atoms with E-state index in [4.69, 9.17) is 9.72 Å². The van der Waals surface area contributed by atoms with E-state index in [2.05, 4.69) is 11.9 Å². The van der Waals surface area contributed by atoms with Crippen molar-refractivity contribution in [2.45, 2.75) is 57.5 Å². The Balaban J connectivity index is 2.00. The van der Waals surface area contributed by atoms with Gasteiger partial charge >= 0.3 is 0 Å². The van der Waals surface area contributed by atoms with Gasteiger partial charge in [-0.25, -0.2) is 4.98 Å². The third kappa shape index (κ3) is 2.12. The van der Waals surface area contributed by atoms with Gasteiger partial charge in [0.25, 0.3) is 5.56 Å². The second-order valence-electron chi connectivity index (χ2n) is 6.07. The molecule has 3 rings (SSSR count). The lowest BCUT2D eigenvalue weighted by Crippen LogP contribution is -2.37. The smallest absolute Gasteiger partial charge is 0.254 e. The third-order valence-corrected chi connectivity index (χ3v) is 4.85. The normalized spacial score (nSPS) is 30.3. The monoisotopic (exact) mass is 262 g/mol. The van der Waals surface area contributed by atoms with Gasteiger partial charge in [0.05, 0.1) is 5.69 Å². The number of fused-ring (bicyclic) bond motifs is 1. The van der Waals surface area contributed by atoms with Gasteiger partial charge in [-0.3, -0.25) is 4.79 Å². The second kappa shape index (κ2) is 4.75. The van der Waals surface area contributed by atoms with Crippen LogP contribution < -0.4 is 5.56 Å². The van der Waals surface area contributed by atoms with Gasteiger partial charge < -0.3 is 9.72 Å². The molecule has 2 aliphatic rings. The maximum atomic E-state index is 12.1. The average Bonchev–Trinajstić information content (AvgIpc) is 2.89. The number of rotatable bonds is 2. The lowest BCUT2D eigenvalue weighted by Gasteiger charge is -2.37. The largest absolute Gasteiger partial charge is 0.370 e. The van der Waals surface area contributed by atoms with E-state index in [9.17, 15) is 4.79 Å². The lowest BCUT2D eigenvalue weighted by atomic mass is 9.79. The molecule has 0 saturated heterocycles. The van der Waals surface area contributed by atoms with Crippen molar-refractivity contribution in [2.24, 2.45) is 5.92 Å². The molecule has 0 aromatic carbocycles. The highest BCUT2D eigenvalue weighted by Gasteiger charge is 2.39. The summed E-state index contributed by atoms with van der Waals surface area (Å²) >= 11 is 0. The van der Waals surface area contributed by atoms with Crippen molar-refractivity contribution >= 4 is 0 Å². The Morgan fingerprint density at radius 3 is 2.74 bits per heavy atom. The number of aromatic nitrogens is 2. The Bertz CT molecular complexity index is 527. The molecule has 4 nitrogen and oxygen atoms in total. The summed E-state index contributed by atoms with van der Waals surface area (Å²) in [6, 6.07) is 0.